The Balaban J connectivity index is 1.96. The van der Waals surface area contributed by atoms with E-state index in [1.54, 1.807) is 0 Å². The molecule has 0 N–H and O–H groups in total. The van der Waals surface area contributed by atoms with E-state index >= 15 is 0 Å². The van der Waals surface area contributed by atoms with E-state index in [1.165, 1.54) is 21.5 Å². The molecule has 1 aliphatic heterocycles. The molecule has 0 amide bonds. The van der Waals surface area contributed by atoms with Crippen molar-refractivity contribution in [1.82, 2.24) is 0 Å². The Hall–Kier alpha value is -2.57. The average Bonchev–Trinajstić information content (AvgIpc) is 3.05. The number of rotatable bonds is 1. The van der Waals surface area contributed by atoms with Gasteiger partial charge >= 0.3 is 0 Å². The van der Waals surface area contributed by atoms with E-state index in [1.807, 2.05) is 12.1 Å². The third-order valence-corrected chi connectivity index (χ3v) is 9.73. The molecule has 0 saturated carbocycles. The molecule has 0 aliphatic carbocycles. The van der Waals surface area contributed by atoms with Crippen LogP contribution in [-0.4, -0.2) is 11.5 Å². The zero-order chi connectivity index (χ0) is 19.5. The molecule has 1 heterocycles. The highest BCUT2D eigenvalue weighted by Gasteiger charge is 2.46. The van der Waals surface area contributed by atoms with Crippen molar-refractivity contribution in [1.29, 1.82) is 0 Å². The van der Waals surface area contributed by atoms with Gasteiger partial charge in [0.15, 0.2) is 7.14 Å². The zero-order valence-electron chi connectivity index (χ0n) is 16.4. The summed E-state index contributed by atoms with van der Waals surface area (Å²) in [5.41, 5.74) is 2.20. The van der Waals surface area contributed by atoms with Gasteiger partial charge in [0, 0.05) is 5.16 Å². The summed E-state index contributed by atoms with van der Waals surface area (Å²) in [4.78, 5) is 0. The number of benzene rings is 4. The molecule has 140 valence electrons. The first kappa shape index (κ1) is 17.5. The average molecular weight is 386 g/mol. The standard InChI is InChI=1S/C25H23O2P/c1-25(2,3)28(26)16-27-22-14-8-13-21(24(22)28)23-19-11-6-4-9-17(19)15-18-10-5-7-12-20(18)23/h4-15H,16H2,1-3H3. The van der Waals surface area contributed by atoms with E-state index in [0.717, 1.165) is 22.2 Å². The molecule has 0 aromatic heterocycles. The third kappa shape index (κ3) is 2.38. The lowest BCUT2D eigenvalue weighted by Crippen LogP contribution is -2.23. The lowest BCUT2D eigenvalue weighted by atomic mass is 9.92. The summed E-state index contributed by atoms with van der Waals surface area (Å²) in [6.07, 6.45) is 0.283. The van der Waals surface area contributed by atoms with Crippen molar-refractivity contribution in [3.05, 3.63) is 72.8 Å². The van der Waals surface area contributed by atoms with Crippen LogP contribution in [0.1, 0.15) is 20.8 Å². The molecule has 0 bridgehead atoms. The van der Waals surface area contributed by atoms with Crippen molar-refractivity contribution >= 4 is 34.0 Å². The van der Waals surface area contributed by atoms with Gasteiger partial charge in [-0.2, -0.15) is 0 Å². The molecule has 3 heteroatoms. The van der Waals surface area contributed by atoms with E-state index in [4.69, 9.17) is 4.74 Å². The van der Waals surface area contributed by atoms with Gasteiger partial charge in [-0.25, -0.2) is 0 Å². The largest absolute Gasteiger partial charge is 0.485 e. The van der Waals surface area contributed by atoms with Gasteiger partial charge in [0.2, 0.25) is 0 Å². The van der Waals surface area contributed by atoms with Crippen molar-refractivity contribution in [2.24, 2.45) is 0 Å². The highest BCUT2D eigenvalue weighted by Crippen LogP contribution is 2.63. The van der Waals surface area contributed by atoms with Crippen LogP contribution in [0.3, 0.4) is 0 Å². The van der Waals surface area contributed by atoms with Crippen LogP contribution in [-0.2, 0) is 4.57 Å². The summed E-state index contributed by atoms with van der Waals surface area (Å²) in [7, 11) is -2.73. The van der Waals surface area contributed by atoms with E-state index < -0.39 is 7.14 Å². The van der Waals surface area contributed by atoms with Gasteiger partial charge in [-0.15, -0.1) is 0 Å². The maximum atomic E-state index is 14.2. The molecule has 0 fully saturated rings. The van der Waals surface area contributed by atoms with Crippen molar-refractivity contribution in [3.8, 4) is 16.9 Å². The van der Waals surface area contributed by atoms with Crippen LogP contribution < -0.4 is 10.0 Å². The van der Waals surface area contributed by atoms with Crippen molar-refractivity contribution in [2.45, 2.75) is 25.9 Å². The second-order valence-electron chi connectivity index (χ2n) is 8.53. The Morgan fingerprint density at radius 3 is 2.04 bits per heavy atom. The normalized spacial score (nSPS) is 19.0. The van der Waals surface area contributed by atoms with Gasteiger partial charge in [0.25, 0.3) is 0 Å². The number of hydrogen-bond donors (Lipinski definition) is 0. The molecular weight excluding hydrogens is 363 g/mol. The number of fused-ring (bicyclic) bond motifs is 3. The van der Waals surface area contributed by atoms with Gasteiger partial charge < -0.3 is 9.30 Å². The van der Waals surface area contributed by atoms with Crippen molar-refractivity contribution < 1.29 is 9.30 Å². The first-order valence-electron chi connectivity index (χ1n) is 9.66. The van der Waals surface area contributed by atoms with Crippen molar-refractivity contribution in [2.75, 3.05) is 6.35 Å². The molecule has 4 aromatic carbocycles. The van der Waals surface area contributed by atoms with Gasteiger partial charge in [0.1, 0.15) is 12.1 Å². The quantitative estimate of drug-likeness (QED) is 0.266. The Bertz CT molecular complexity index is 1230. The summed E-state index contributed by atoms with van der Waals surface area (Å²) in [5, 5.41) is 5.30. The lowest BCUT2D eigenvalue weighted by Gasteiger charge is -2.28. The Labute approximate surface area is 165 Å². The molecule has 0 spiro atoms. The molecule has 5 rings (SSSR count). The topological polar surface area (TPSA) is 26.3 Å². The monoisotopic (exact) mass is 386 g/mol. The highest BCUT2D eigenvalue weighted by atomic mass is 31.2. The molecule has 28 heavy (non-hydrogen) atoms. The summed E-state index contributed by atoms with van der Waals surface area (Å²) in [6, 6.07) is 25.2. The van der Waals surface area contributed by atoms with Crippen LogP contribution in [0.5, 0.6) is 5.75 Å². The van der Waals surface area contributed by atoms with Crippen LogP contribution in [0.25, 0.3) is 32.7 Å². The molecule has 0 saturated heterocycles. The fraction of sp³-hybridized carbons (Fsp3) is 0.200. The smallest absolute Gasteiger partial charge is 0.160 e. The molecular formula is C25H23O2P. The second kappa shape index (κ2) is 5.96. The Morgan fingerprint density at radius 1 is 0.821 bits per heavy atom. The maximum Gasteiger partial charge on any atom is 0.160 e. The number of hydrogen-bond acceptors (Lipinski definition) is 2. The van der Waals surface area contributed by atoms with Gasteiger partial charge in [-0.1, -0.05) is 81.4 Å². The maximum absolute atomic E-state index is 14.2. The number of ether oxygens (including phenoxy) is 1. The minimum absolute atomic E-state index is 0.283. The first-order valence-corrected chi connectivity index (χ1v) is 11.6. The molecule has 1 unspecified atom stereocenters. The van der Waals surface area contributed by atoms with Gasteiger partial charge in [-0.05, 0) is 44.8 Å². The molecule has 0 radical (unpaired) electrons. The van der Waals surface area contributed by atoms with Crippen LogP contribution in [0.4, 0.5) is 0 Å². The minimum atomic E-state index is -2.73. The lowest BCUT2D eigenvalue weighted by molar-refractivity contribution is 0.389. The first-order chi connectivity index (χ1) is 13.4. The fourth-order valence-electron chi connectivity index (χ4n) is 4.27. The second-order valence-corrected chi connectivity index (χ2v) is 12.1. The Kier molecular flexibility index (Phi) is 3.73. The zero-order valence-corrected chi connectivity index (χ0v) is 17.3. The van der Waals surface area contributed by atoms with Crippen molar-refractivity contribution in [3.63, 3.8) is 0 Å². The summed E-state index contributed by atoms with van der Waals surface area (Å²) in [5.74, 6) is 0.771. The molecule has 1 atom stereocenters. The molecule has 4 aromatic rings. The highest BCUT2D eigenvalue weighted by molar-refractivity contribution is 7.73. The molecule has 1 aliphatic rings. The van der Waals surface area contributed by atoms with E-state index in [0.29, 0.717) is 0 Å². The third-order valence-electron chi connectivity index (χ3n) is 5.89. The van der Waals surface area contributed by atoms with Crippen LogP contribution >= 0.6 is 7.14 Å². The van der Waals surface area contributed by atoms with E-state index in [-0.39, 0.29) is 11.5 Å². The van der Waals surface area contributed by atoms with Crippen LogP contribution in [0.2, 0.25) is 0 Å². The van der Waals surface area contributed by atoms with E-state index in [9.17, 15) is 4.57 Å². The predicted molar refractivity (Wildman–Crippen MR) is 119 cm³/mol. The minimum Gasteiger partial charge on any atom is -0.485 e. The predicted octanol–water partition coefficient (Wildman–Crippen LogP) is 6.80. The van der Waals surface area contributed by atoms with Crippen LogP contribution in [0.15, 0.2) is 72.8 Å². The molecule has 2 nitrogen and oxygen atoms in total. The summed E-state index contributed by atoms with van der Waals surface area (Å²) >= 11 is 0. The van der Waals surface area contributed by atoms with Gasteiger partial charge in [0.05, 0.1) is 5.30 Å². The summed E-state index contributed by atoms with van der Waals surface area (Å²) in [6.45, 7) is 6.18. The van der Waals surface area contributed by atoms with E-state index in [2.05, 4.69) is 81.4 Å². The van der Waals surface area contributed by atoms with Crippen LogP contribution in [0, 0.1) is 0 Å². The fourth-order valence-corrected chi connectivity index (χ4v) is 6.85. The Morgan fingerprint density at radius 2 is 1.43 bits per heavy atom. The van der Waals surface area contributed by atoms with Gasteiger partial charge in [-0.3, -0.25) is 0 Å². The SMILES string of the molecule is CC(C)(C)P1(=O)COc2cccc(-c3c4ccccc4cc4ccccc34)c21. The summed E-state index contributed by atoms with van der Waals surface area (Å²) < 4.78 is 20.2.